The lowest BCUT2D eigenvalue weighted by atomic mass is 9.90. The molecule has 0 aromatic rings. The molecule has 15 heavy (non-hydrogen) atoms. The van der Waals surface area contributed by atoms with Crippen molar-refractivity contribution in [3.05, 3.63) is 11.8 Å². The Morgan fingerprint density at radius 1 is 1.40 bits per heavy atom. The molecule has 0 radical (unpaired) electrons. The van der Waals surface area contributed by atoms with E-state index >= 15 is 0 Å². The average molecular weight is 204 g/mol. The molecule has 2 unspecified atom stereocenters. The van der Waals surface area contributed by atoms with E-state index < -0.39 is 0 Å². The van der Waals surface area contributed by atoms with Crippen molar-refractivity contribution in [2.45, 2.75) is 37.8 Å². The summed E-state index contributed by atoms with van der Waals surface area (Å²) in [6, 6.07) is 0.986. The van der Waals surface area contributed by atoms with Crippen LogP contribution in [0.1, 0.15) is 25.7 Å². The van der Waals surface area contributed by atoms with Crippen molar-refractivity contribution in [1.29, 1.82) is 0 Å². The number of guanidine groups is 1. The summed E-state index contributed by atoms with van der Waals surface area (Å²) in [5.41, 5.74) is 6.92. The lowest BCUT2D eigenvalue weighted by Crippen LogP contribution is -2.43. The summed E-state index contributed by atoms with van der Waals surface area (Å²) >= 11 is 0. The Balaban J connectivity index is 1.94. The molecule has 1 saturated carbocycles. The number of fused-ring (bicyclic) bond motifs is 3. The van der Waals surface area contributed by atoms with Crippen molar-refractivity contribution in [2.75, 3.05) is 6.54 Å². The molecule has 0 amide bonds. The highest BCUT2D eigenvalue weighted by Crippen LogP contribution is 2.33. The normalized spacial score (nSPS) is 33.3. The van der Waals surface area contributed by atoms with Crippen LogP contribution in [-0.4, -0.2) is 35.7 Å². The van der Waals surface area contributed by atoms with Crippen LogP contribution in [0.4, 0.5) is 0 Å². The second kappa shape index (κ2) is 3.45. The SMILES string of the molecule is NCC1=CC=NC2=NC3CCCCC3N12. The highest BCUT2D eigenvalue weighted by atomic mass is 15.4. The minimum atomic E-state index is 0.457. The van der Waals surface area contributed by atoms with Crippen LogP contribution < -0.4 is 5.73 Å². The number of hydrogen-bond acceptors (Lipinski definition) is 4. The van der Waals surface area contributed by atoms with Crippen molar-refractivity contribution in [3.8, 4) is 0 Å². The van der Waals surface area contributed by atoms with Gasteiger partial charge in [0, 0.05) is 18.5 Å². The quantitative estimate of drug-likeness (QED) is 0.690. The van der Waals surface area contributed by atoms with E-state index in [1.807, 2.05) is 12.3 Å². The van der Waals surface area contributed by atoms with Crippen LogP contribution in [0.3, 0.4) is 0 Å². The highest BCUT2D eigenvalue weighted by molar-refractivity contribution is 5.96. The van der Waals surface area contributed by atoms with Crippen LogP contribution >= 0.6 is 0 Å². The highest BCUT2D eigenvalue weighted by Gasteiger charge is 2.39. The molecule has 2 N–H and O–H groups in total. The lowest BCUT2D eigenvalue weighted by Gasteiger charge is -2.34. The molecule has 4 heteroatoms. The third-order valence-electron chi connectivity index (χ3n) is 3.50. The van der Waals surface area contributed by atoms with Crippen LogP contribution in [-0.2, 0) is 0 Å². The molecule has 1 aliphatic carbocycles. The fraction of sp³-hybridized carbons (Fsp3) is 0.636. The Morgan fingerprint density at radius 2 is 2.27 bits per heavy atom. The Labute approximate surface area is 89.6 Å². The average Bonchev–Trinajstić information content (AvgIpc) is 2.67. The van der Waals surface area contributed by atoms with Gasteiger partial charge in [-0.2, -0.15) is 0 Å². The lowest BCUT2D eigenvalue weighted by molar-refractivity contribution is 0.278. The van der Waals surface area contributed by atoms with E-state index in [9.17, 15) is 0 Å². The molecule has 1 fully saturated rings. The van der Waals surface area contributed by atoms with Crippen LogP contribution in [0.2, 0.25) is 0 Å². The summed E-state index contributed by atoms with van der Waals surface area (Å²) in [5, 5.41) is 0. The molecule has 0 saturated heterocycles. The maximum atomic E-state index is 5.75. The Bertz CT molecular complexity index is 356. The van der Waals surface area contributed by atoms with Crippen LogP contribution in [0, 0.1) is 0 Å². The molecule has 2 heterocycles. The minimum absolute atomic E-state index is 0.457. The van der Waals surface area contributed by atoms with Crippen molar-refractivity contribution in [2.24, 2.45) is 15.7 Å². The second-order valence-electron chi connectivity index (χ2n) is 4.36. The van der Waals surface area contributed by atoms with Gasteiger partial charge in [0.05, 0.1) is 12.1 Å². The maximum absolute atomic E-state index is 5.75. The maximum Gasteiger partial charge on any atom is 0.225 e. The summed E-state index contributed by atoms with van der Waals surface area (Å²) in [5.74, 6) is 0.884. The first-order valence-corrected chi connectivity index (χ1v) is 5.70. The van der Waals surface area contributed by atoms with Gasteiger partial charge >= 0.3 is 0 Å². The molecule has 4 nitrogen and oxygen atoms in total. The molecule has 3 aliphatic rings. The number of aliphatic imine (C=N–C) groups is 2. The first kappa shape index (κ1) is 9.09. The molecule has 2 aliphatic heterocycles. The fourth-order valence-corrected chi connectivity index (χ4v) is 2.78. The zero-order chi connectivity index (χ0) is 10.3. The van der Waals surface area contributed by atoms with Gasteiger partial charge in [0.1, 0.15) is 0 Å². The fourth-order valence-electron chi connectivity index (χ4n) is 2.78. The molecule has 2 atom stereocenters. The smallest absolute Gasteiger partial charge is 0.225 e. The van der Waals surface area contributed by atoms with Gasteiger partial charge in [-0.1, -0.05) is 12.8 Å². The molecular weight excluding hydrogens is 188 g/mol. The van der Waals surface area contributed by atoms with E-state index in [1.54, 1.807) is 0 Å². The topological polar surface area (TPSA) is 54.0 Å². The zero-order valence-corrected chi connectivity index (χ0v) is 8.76. The first-order valence-electron chi connectivity index (χ1n) is 5.70. The van der Waals surface area contributed by atoms with Crippen molar-refractivity contribution in [1.82, 2.24) is 4.90 Å². The summed E-state index contributed by atoms with van der Waals surface area (Å²) in [6.07, 6.45) is 8.87. The van der Waals surface area contributed by atoms with E-state index in [2.05, 4.69) is 14.9 Å². The Hall–Kier alpha value is -1.16. The van der Waals surface area contributed by atoms with Crippen LogP contribution in [0.25, 0.3) is 0 Å². The third-order valence-corrected chi connectivity index (χ3v) is 3.50. The molecule has 0 aromatic heterocycles. The largest absolute Gasteiger partial charge is 0.325 e. The standard InChI is InChI=1S/C11H16N4/c12-7-8-5-6-13-11-14-9-3-1-2-4-10(9)15(8)11/h5-6,9-10H,1-4,7,12H2. The van der Waals surface area contributed by atoms with E-state index in [0.717, 1.165) is 11.7 Å². The molecule has 0 spiro atoms. The molecule has 0 bridgehead atoms. The molecule has 0 aromatic carbocycles. The monoisotopic (exact) mass is 204 g/mol. The molecule has 80 valence electrons. The van der Waals surface area contributed by atoms with Gasteiger partial charge in [0.15, 0.2) is 0 Å². The molecule has 3 rings (SSSR count). The first-order chi connectivity index (χ1) is 7.40. The summed E-state index contributed by atoms with van der Waals surface area (Å²) in [4.78, 5) is 11.3. The van der Waals surface area contributed by atoms with Crippen molar-refractivity contribution < 1.29 is 0 Å². The third kappa shape index (κ3) is 1.32. The van der Waals surface area contributed by atoms with Crippen molar-refractivity contribution in [3.63, 3.8) is 0 Å². The van der Waals surface area contributed by atoms with Crippen molar-refractivity contribution >= 4 is 12.2 Å². The van der Waals surface area contributed by atoms with Gasteiger partial charge < -0.3 is 10.6 Å². The van der Waals surface area contributed by atoms with Gasteiger partial charge in [-0.25, -0.2) is 9.98 Å². The number of rotatable bonds is 1. The van der Waals surface area contributed by atoms with Gasteiger partial charge in [-0.3, -0.25) is 0 Å². The van der Waals surface area contributed by atoms with Gasteiger partial charge in [-0.15, -0.1) is 0 Å². The second-order valence-corrected chi connectivity index (χ2v) is 4.36. The van der Waals surface area contributed by atoms with E-state index in [0.29, 0.717) is 18.6 Å². The van der Waals surface area contributed by atoms with E-state index in [4.69, 9.17) is 5.73 Å². The van der Waals surface area contributed by atoms with Gasteiger partial charge in [-0.05, 0) is 18.9 Å². The Kier molecular flexibility index (Phi) is 2.09. The van der Waals surface area contributed by atoms with Gasteiger partial charge in [0.25, 0.3) is 0 Å². The predicted molar refractivity (Wildman–Crippen MR) is 60.9 cm³/mol. The Morgan fingerprint density at radius 3 is 3.13 bits per heavy atom. The predicted octanol–water partition coefficient (Wildman–Crippen LogP) is 0.896. The summed E-state index contributed by atoms with van der Waals surface area (Å²) < 4.78 is 0. The zero-order valence-electron chi connectivity index (χ0n) is 8.76. The number of allylic oxidation sites excluding steroid dienone is 1. The van der Waals surface area contributed by atoms with Gasteiger partial charge in [0.2, 0.25) is 5.96 Å². The van der Waals surface area contributed by atoms with E-state index in [1.165, 1.54) is 25.7 Å². The molecular formula is C11H16N4. The van der Waals surface area contributed by atoms with Crippen LogP contribution in [0.5, 0.6) is 0 Å². The number of hydrogen-bond donors (Lipinski definition) is 1. The number of nitrogens with two attached hydrogens (primary N) is 1. The summed E-state index contributed by atoms with van der Waals surface area (Å²) in [7, 11) is 0. The van der Waals surface area contributed by atoms with Crippen LogP contribution in [0.15, 0.2) is 21.8 Å². The number of nitrogens with zero attached hydrogens (tertiary/aromatic N) is 3. The minimum Gasteiger partial charge on any atom is -0.325 e. The summed E-state index contributed by atoms with van der Waals surface area (Å²) in [6.45, 7) is 0.578. The van der Waals surface area contributed by atoms with E-state index in [-0.39, 0.29) is 0 Å².